The van der Waals surface area contributed by atoms with E-state index in [0.29, 0.717) is 11.6 Å². The van der Waals surface area contributed by atoms with E-state index < -0.39 is 0 Å². The Morgan fingerprint density at radius 3 is 2.60 bits per heavy atom. The van der Waals surface area contributed by atoms with Crippen molar-refractivity contribution in [3.8, 4) is 0 Å². The van der Waals surface area contributed by atoms with Crippen molar-refractivity contribution in [1.82, 2.24) is 4.98 Å². The summed E-state index contributed by atoms with van der Waals surface area (Å²) in [6.07, 6.45) is 3.20. The van der Waals surface area contributed by atoms with E-state index in [2.05, 4.69) is 34.7 Å². The van der Waals surface area contributed by atoms with Crippen LogP contribution in [0.5, 0.6) is 0 Å². The van der Waals surface area contributed by atoms with Crippen molar-refractivity contribution in [2.45, 2.75) is 40.5 Å². The smallest absolute Gasteiger partial charge is 0.292 e. The van der Waals surface area contributed by atoms with E-state index in [1.54, 1.807) is 6.20 Å². The summed E-state index contributed by atoms with van der Waals surface area (Å²) in [5.41, 5.74) is 7.58. The van der Waals surface area contributed by atoms with Crippen LogP contribution in [0.3, 0.4) is 0 Å². The Morgan fingerprint density at radius 1 is 1.10 bits per heavy atom. The zero-order valence-corrected chi connectivity index (χ0v) is 17.7. The second-order valence-electron chi connectivity index (χ2n) is 8.53. The Bertz CT molecular complexity index is 1110. The number of hydrogen-bond donors (Lipinski definition) is 2. The predicted molar refractivity (Wildman–Crippen MR) is 119 cm³/mol. The molecule has 6 heteroatoms. The number of hydrogen-bond acceptors (Lipinski definition) is 5. The number of aromatic nitrogens is 1. The van der Waals surface area contributed by atoms with Crippen LogP contribution >= 0.6 is 0 Å². The average Bonchev–Trinajstić information content (AvgIpc) is 3.04. The fraction of sp³-hybridized carbons (Fsp3) is 0.292. The van der Waals surface area contributed by atoms with Gasteiger partial charge in [0.05, 0.1) is 11.4 Å². The van der Waals surface area contributed by atoms with Crippen LogP contribution in [-0.4, -0.2) is 16.6 Å². The van der Waals surface area contributed by atoms with Gasteiger partial charge in [-0.25, -0.2) is 4.98 Å². The summed E-state index contributed by atoms with van der Waals surface area (Å²) in [6.45, 7) is 8.19. The van der Waals surface area contributed by atoms with Gasteiger partial charge in [0.25, 0.3) is 5.91 Å². The van der Waals surface area contributed by atoms with Gasteiger partial charge in [-0.05, 0) is 49.4 Å². The maximum absolute atomic E-state index is 13.0. The van der Waals surface area contributed by atoms with Crippen molar-refractivity contribution >= 4 is 23.1 Å². The Balaban J connectivity index is 1.68. The topological polar surface area (TPSA) is 79.5 Å². The van der Waals surface area contributed by atoms with Crippen molar-refractivity contribution in [2.24, 2.45) is 10.5 Å². The number of amides is 1. The van der Waals surface area contributed by atoms with Crippen molar-refractivity contribution < 1.29 is 9.21 Å². The van der Waals surface area contributed by atoms with Crippen LogP contribution in [0.4, 0.5) is 11.5 Å². The van der Waals surface area contributed by atoms with E-state index in [9.17, 15) is 4.79 Å². The van der Waals surface area contributed by atoms with E-state index in [1.165, 1.54) is 0 Å². The van der Waals surface area contributed by atoms with Crippen LogP contribution in [-0.2, 0) is 6.42 Å². The van der Waals surface area contributed by atoms with E-state index in [0.717, 1.165) is 46.7 Å². The fourth-order valence-electron chi connectivity index (χ4n) is 3.85. The summed E-state index contributed by atoms with van der Waals surface area (Å²) < 4.78 is 6.08. The van der Waals surface area contributed by atoms with Gasteiger partial charge < -0.3 is 9.73 Å². The Kier molecular flexibility index (Phi) is 5.16. The molecular weight excluding hydrogens is 376 g/mol. The number of pyridine rings is 1. The van der Waals surface area contributed by atoms with Crippen LogP contribution in [0.2, 0.25) is 0 Å². The number of nitrogens with zero attached hydrogens (tertiary/aromatic N) is 2. The molecule has 1 amide bonds. The molecule has 154 valence electrons. The molecule has 1 aromatic carbocycles. The molecule has 0 unspecified atom stereocenters. The minimum Gasteiger partial charge on any atom is -0.455 e. The maximum Gasteiger partial charge on any atom is 0.292 e. The summed E-state index contributed by atoms with van der Waals surface area (Å²) in [6, 6.07) is 13.6. The van der Waals surface area contributed by atoms with Gasteiger partial charge in [-0.2, -0.15) is 5.10 Å². The lowest BCUT2D eigenvalue weighted by atomic mass is 9.75. The molecule has 0 radical (unpaired) electrons. The Labute approximate surface area is 176 Å². The average molecular weight is 402 g/mol. The van der Waals surface area contributed by atoms with Crippen LogP contribution in [0.15, 0.2) is 58.2 Å². The SMILES string of the molecule is Cc1cccnc1NC(=O)c1oc2c(c1C)/C(=N\Nc1ccccc1)CC(C)(C)C2. The van der Waals surface area contributed by atoms with E-state index in [4.69, 9.17) is 4.42 Å². The minimum atomic E-state index is -0.295. The van der Waals surface area contributed by atoms with Crippen LogP contribution in [0, 0.1) is 19.3 Å². The van der Waals surface area contributed by atoms with Gasteiger partial charge in [-0.1, -0.05) is 38.1 Å². The molecule has 0 bridgehead atoms. The predicted octanol–water partition coefficient (Wildman–Crippen LogP) is 5.33. The molecule has 2 N–H and O–H groups in total. The highest BCUT2D eigenvalue weighted by atomic mass is 16.4. The first kappa shape index (κ1) is 19.9. The van der Waals surface area contributed by atoms with E-state index >= 15 is 0 Å². The monoisotopic (exact) mass is 402 g/mol. The molecule has 1 aliphatic rings. The molecule has 0 aliphatic heterocycles. The number of aryl methyl sites for hydroxylation is 1. The summed E-state index contributed by atoms with van der Waals surface area (Å²) in [7, 11) is 0. The Morgan fingerprint density at radius 2 is 1.87 bits per heavy atom. The van der Waals surface area contributed by atoms with Crippen molar-refractivity contribution in [3.63, 3.8) is 0 Å². The third-order valence-electron chi connectivity index (χ3n) is 5.33. The first-order valence-corrected chi connectivity index (χ1v) is 10.1. The summed E-state index contributed by atoms with van der Waals surface area (Å²) in [5, 5.41) is 7.56. The summed E-state index contributed by atoms with van der Waals surface area (Å²) in [4.78, 5) is 17.2. The van der Waals surface area contributed by atoms with Crippen LogP contribution < -0.4 is 10.7 Å². The lowest BCUT2D eigenvalue weighted by Crippen LogP contribution is -2.27. The molecular formula is C24H26N4O2. The number of carbonyl (C=O) groups excluding carboxylic acids is 1. The van der Waals surface area contributed by atoms with Gasteiger partial charge in [-0.3, -0.25) is 10.2 Å². The van der Waals surface area contributed by atoms with Gasteiger partial charge in [0.15, 0.2) is 5.76 Å². The fourth-order valence-corrected chi connectivity index (χ4v) is 3.85. The summed E-state index contributed by atoms with van der Waals surface area (Å²) >= 11 is 0. The van der Waals surface area contributed by atoms with Gasteiger partial charge in [0, 0.05) is 23.7 Å². The highest BCUT2D eigenvalue weighted by Gasteiger charge is 2.36. The number of fused-ring (bicyclic) bond motifs is 1. The number of hydrazone groups is 1. The molecule has 0 saturated carbocycles. The number of rotatable bonds is 4. The normalized spacial score (nSPS) is 16.2. The number of para-hydroxylation sites is 1. The number of furan rings is 1. The third kappa shape index (κ3) is 3.99. The van der Waals surface area contributed by atoms with Crippen molar-refractivity contribution in [3.05, 3.63) is 76.9 Å². The van der Waals surface area contributed by atoms with Crippen molar-refractivity contribution in [1.29, 1.82) is 0 Å². The standard InChI is InChI=1S/C24H26N4O2/c1-15-9-8-12-25-22(15)26-23(29)21-16(2)20-18(13-24(3,4)14-19(20)30-21)28-27-17-10-6-5-7-11-17/h5-12,27H,13-14H2,1-4H3,(H,25,26,29)/b28-18-. The molecule has 0 fully saturated rings. The highest BCUT2D eigenvalue weighted by Crippen LogP contribution is 2.39. The Hall–Kier alpha value is -3.41. The molecule has 30 heavy (non-hydrogen) atoms. The zero-order chi connectivity index (χ0) is 21.3. The van der Waals surface area contributed by atoms with Gasteiger partial charge in [0.1, 0.15) is 11.6 Å². The molecule has 0 saturated heterocycles. The number of carbonyl (C=O) groups is 1. The highest BCUT2D eigenvalue weighted by molar-refractivity contribution is 6.09. The lowest BCUT2D eigenvalue weighted by molar-refractivity contribution is 0.0992. The zero-order valence-electron chi connectivity index (χ0n) is 17.7. The molecule has 0 spiro atoms. The quantitative estimate of drug-likeness (QED) is 0.578. The van der Waals surface area contributed by atoms with Crippen LogP contribution in [0.25, 0.3) is 0 Å². The second kappa shape index (κ2) is 7.78. The molecule has 6 nitrogen and oxygen atoms in total. The molecule has 3 aromatic rings. The minimum absolute atomic E-state index is 0.0141. The first-order valence-electron chi connectivity index (χ1n) is 10.1. The van der Waals surface area contributed by atoms with E-state index in [1.807, 2.05) is 56.3 Å². The largest absolute Gasteiger partial charge is 0.455 e. The number of nitrogens with one attached hydrogen (secondary N) is 2. The molecule has 0 atom stereocenters. The second-order valence-corrected chi connectivity index (χ2v) is 8.53. The van der Waals surface area contributed by atoms with Crippen molar-refractivity contribution in [2.75, 3.05) is 10.7 Å². The summed E-state index contributed by atoms with van der Waals surface area (Å²) in [5.74, 6) is 1.36. The van der Waals surface area contributed by atoms with Gasteiger partial charge in [-0.15, -0.1) is 0 Å². The molecule has 2 heterocycles. The van der Waals surface area contributed by atoms with E-state index in [-0.39, 0.29) is 11.3 Å². The molecule has 2 aromatic heterocycles. The van der Waals surface area contributed by atoms with Gasteiger partial charge in [0.2, 0.25) is 0 Å². The lowest BCUT2D eigenvalue weighted by Gasteiger charge is -2.29. The maximum atomic E-state index is 13.0. The third-order valence-corrected chi connectivity index (χ3v) is 5.33. The number of anilines is 2. The van der Waals surface area contributed by atoms with Crippen LogP contribution in [0.1, 0.15) is 53.3 Å². The first-order chi connectivity index (χ1) is 14.3. The molecule has 4 rings (SSSR count). The number of benzene rings is 1. The van der Waals surface area contributed by atoms with Gasteiger partial charge >= 0.3 is 0 Å². The molecule has 1 aliphatic carbocycles.